The molecule has 2 rings (SSSR count). The highest BCUT2D eigenvalue weighted by atomic mass is 127. The number of esters is 1. The molecule has 0 aromatic rings. The van der Waals surface area contributed by atoms with E-state index in [9.17, 15) is 4.79 Å². The van der Waals surface area contributed by atoms with Gasteiger partial charge in [0.05, 0.1) is 19.3 Å². The first-order valence-electron chi connectivity index (χ1n) is 9.87. The summed E-state index contributed by atoms with van der Waals surface area (Å²) in [6.07, 6.45) is 13.0. The number of carbonyl (C=O) groups is 1. The van der Waals surface area contributed by atoms with E-state index in [4.69, 9.17) is 9.47 Å². The van der Waals surface area contributed by atoms with Gasteiger partial charge in [-0.1, -0.05) is 32.1 Å². The molecule has 2 aliphatic heterocycles. The highest BCUT2D eigenvalue weighted by Gasteiger charge is 2.45. The van der Waals surface area contributed by atoms with E-state index < -0.39 is 5.79 Å². The number of methoxy groups -OCH3 is 1. The third-order valence-corrected chi connectivity index (χ3v) is 6.04. The molecule has 0 unspecified atom stereocenters. The molecule has 0 bridgehead atoms. The van der Waals surface area contributed by atoms with Crippen molar-refractivity contribution < 1.29 is 19.0 Å². The van der Waals surface area contributed by atoms with E-state index in [1.165, 1.54) is 16.8 Å². The van der Waals surface area contributed by atoms with Crippen LogP contribution in [0.15, 0.2) is 33.5 Å². The maximum atomic E-state index is 11.4. The fraction of sp³-hybridized carbons (Fsp3) is 0.682. The fourth-order valence-corrected chi connectivity index (χ4v) is 3.97. The molecule has 4 nitrogen and oxygen atoms in total. The van der Waals surface area contributed by atoms with E-state index in [0.717, 1.165) is 37.7 Å². The van der Waals surface area contributed by atoms with Gasteiger partial charge in [0.25, 0.3) is 0 Å². The Bertz CT molecular complexity index is 601. The molecule has 0 saturated carbocycles. The van der Waals surface area contributed by atoms with Gasteiger partial charge in [-0.2, -0.15) is 0 Å². The Morgan fingerprint density at radius 3 is 2.48 bits per heavy atom. The maximum absolute atomic E-state index is 11.4. The number of halogens is 1. The van der Waals surface area contributed by atoms with Crippen molar-refractivity contribution in [2.45, 2.75) is 77.8 Å². The SMILES string of the molecule is COC(=O)/C=C(C)/C=C/[C@@H]1O[C@]2(CC[C@@H]1C)CC[C@H](C)[C@@H](C/C=C(/C)I)O2. The third kappa shape index (κ3) is 6.71. The second-order valence-corrected chi connectivity index (χ2v) is 9.68. The van der Waals surface area contributed by atoms with Crippen LogP contribution in [0.25, 0.3) is 0 Å². The van der Waals surface area contributed by atoms with Crippen molar-refractivity contribution in [3.8, 4) is 0 Å². The number of hydrogen-bond donors (Lipinski definition) is 0. The summed E-state index contributed by atoms with van der Waals surface area (Å²) < 4.78 is 19.1. The fourth-order valence-electron chi connectivity index (χ4n) is 3.72. The Morgan fingerprint density at radius 1 is 1.19 bits per heavy atom. The average molecular weight is 488 g/mol. The van der Waals surface area contributed by atoms with Crippen LogP contribution in [0.4, 0.5) is 0 Å². The molecule has 0 N–H and O–H groups in total. The largest absolute Gasteiger partial charge is 0.466 e. The Hall–Kier alpha value is -0.660. The van der Waals surface area contributed by atoms with Gasteiger partial charge in [-0.15, -0.1) is 0 Å². The first-order chi connectivity index (χ1) is 12.7. The van der Waals surface area contributed by atoms with Gasteiger partial charge in [0.1, 0.15) is 0 Å². The van der Waals surface area contributed by atoms with Gasteiger partial charge < -0.3 is 14.2 Å². The van der Waals surface area contributed by atoms with Crippen LogP contribution in [-0.4, -0.2) is 31.1 Å². The number of hydrogen-bond acceptors (Lipinski definition) is 4. The van der Waals surface area contributed by atoms with Crippen LogP contribution in [0.3, 0.4) is 0 Å². The maximum Gasteiger partial charge on any atom is 0.330 e. The smallest absolute Gasteiger partial charge is 0.330 e. The lowest BCUT2D eigenvalue weighted by molar-refractivity contribution is -0.323. The normalized spacial score (nSPS) is 35.6. The van der Waals surface area contributed by atoms with Crippen LogP contribution in [0.1, 0.15) is 59.8 Å². The Balaban J connectivity index is 2.07. The lowest BCUT2D eigenvalue weighted by Gasteiger charge is -2.49. The second kappa shape index (κ2) is 10.2. The first kappa shape index (κ1) is 22.6. The van der Waals surface area contributed by atoms with E-state index in [-0.39, 0.29) is 18.2 Å². The molecule has 0 radical (unpaired) electrons. The zero-order valence-corrected chi connectivity index (χ0v) is 19.3. The molecular formula is C22H33IO4. The van der Waals surface area contributed by atoms with Gasteiger partial charge in [-0.25, -0.2) is 4.79 Å². The molecule has 0 aromatic heterocycles. The van der Waals surface area contributed by atoms with Crippen LogP contribution < -0.4 is 0 Å². The molecule has 27 heavy (non-hydrogen) atoms. The number of rotatable bonds is 5. The lowest BCUT2D eigenvalue weighted by atomic mass is 9.83. The predicted octanol–water partition coefficient (Wildman–Crippen LogP) is 5.72. The van der Waals surface area contributed by atoms with Crippen LogP contribution >= 0.6 is 22.6 Å². The summed E-state index contributed by atoms with van der Waals surface area (Å²) in [7, 11) is 1.39. The van der Waals surface area contributed by atoms with Crippen molar-refractivity contribution in [3.05, 3.63) is 33.5 Å². The van der Waals surface area contributed by atoms with Crippen LogP contribution in [-0.2, 0) is 19.0 Å². The minimum atomic E-state index is -0.467. The summed E-state index contributed by atoms with van der Waals surface area (Å²) in [6, 6.07) is 0. The molecule has 5 atom stereocenters. The highest BCUT2D eigenvalue weighted by molar-refractivity contribution is 14.1. The Kier molecular flexibility index (Phi) is 8.56. The van der Waals surface area contributed by atoms with E-state index in [1.54, 1.807) is 0 Å². The molecule has 0 amide bonds. The van der Waals surface area contributed by atoms with Crippen LogP contribution in [0, 0.1) is 11.8 Å². The predicted molar refractivity (Wildman–Crippen MR) is 117 cm³/mol. The van der Waals surface area contributed by atoms with Gasteiger partial charge in [0, 0.05) is 18.9 Å². The molecule has 2 heterocycles. The highest BCUT2D eigenvalue weighted by Crippen LogP contribution is 2.43. The molecule has 2 fully saturated rings. The second-order valence-electron chi connectivity index (χ2n) is 7.98. The molecule has 1 spiro atoms. The van der Waals surface area contributed by atoms with Crippen molar-refractivity contribution in [3.63, 3.8) is 0 Å². The zero-order valence-electron chi connectivity index (χ0n) is 17.2. The first-order valence-corrected chi connectivity index (χ1v) is 10.9. The minimum Gasteiger partial charge on any atom is -0.466 e. The third-order valence-electron chi connectivity index (χ3n) is 5.60. The average Bonchev–Trinajstić information content (AvgIpc) is 2.63. The van der Waals surface area contributed by atoms with E-state index >= 15 is 0 Å². The van der Waals surface area contributed by atoms with E-state index in [1.807, 2.05) is 13.0 Å². The summed E-state index contributed by atoms with van der Waals surface area (Å²) in [5, 5.41) is 0. The van der Waals surface area contributed by atoms with Crippen molar-refractivity contribution in [2.24, 2.45) is 11.8 Å². The lowest BCUT2D eigenvalue weighted by Crippen LogP contribution is -2.51. The number of carbonyl (C=O) groups excluding carboxylic acids is 1. The summed E-state index contributed by atoms with van der Waals surface area (Å²) in [6.45, 7) is 8.50. The summed E-state index contributed by atoms with van der Waals surface area (Å²) in [5.74, 6) is 0.170. The van der Waals surface area contributed by atoms with Crippen molar-refractivity contribution >= 4 is 28.6 Å². The summed E-state index contributed by atoms with van der Waals surface area (Å²) >= 11 is 2.35. The van der Waals surface area contributed by atoms with E-state index in [0.29, 0.717) is 11.8 Å². The van der Waals surface area contributed by atoms with E-state index in [2.05, 4.69) is 60.3 Å². The van der Waals surface area contributed by atoms with Crippen molar-refractivity contribution in [2.75, 3.05) is 7.11 Å². The van der Waals surface area contributed by atoms with Gasteiger partial charge in [-0.05, 0) is 76.7 Å². The minimum absolute atomic E-state index is 0.00402. The number of ether oxygens (including phenoxy) is 3. The molecule has 2 saturated heterocycles. The van der Waals surface area contributed by atoms with Crippen LogP contribution in [0.2, 0.25) is 0 Å². The van der Waals surface area contributed by atoms with Crippen LogP contribution in [0.5, 0.6) is 0 Å². The standard InChI is InChI=1S/C22H33IO4/c1-15(14-21(24)25-5)6-8-19-16(2)10-12-22(26-19)13-11-17(3)20(27-22)9-7-18(4)23/h6-8,14,16-17,19-20H,9-13H2,1-5H3/b8-6+,15-14+,18-7-/t16-,17-,19-,20+,22-/m0/s1. The van der Waals surface area contributed by atoms with Gasteiger partial charge in [0.15, 0.2) is 5.79 Å². The Labute approximate surface area is 177 Å². The molecule has 0 aromatic carbocycles. The van der Waals surface area contributed by atoms with Crippen molar-refractivity contribution in [1.29, 1.82) is 0 Å². The molecule has 152 valence electrons. The monoisotopic (exact) mass is 488 g/mol. The summed E-state index contributed by atoms with van der Waals surface area (Å²) in [5.41, 5.74) is 0.857. The van der Waals surface area contributed by atoms with Gasteiger partial charge >= 0.3 is 5.97 Å². The zero-order chi connectivity index (χ0) is 20.0. The van der Waals surface area contributed by atoms with Gasteiger partial charge in [-0.3, -0.25) is 0 Å². The topological polar surface area (TPSA) is 44.8 Å². The summed E-state index contributed by atoms with van der Waals surface area (Å²) in [4.78, 5) is 11.4. The molecule has 5 heteroatoms. The van der Waals surface area contributed by atoms with Crippen molar-refractivity contribution in [1.82, 2.24) is 0 Å². The van der Waals surface area contributed by atoms with Gasteiger partial charge in [0.2, 0.25) is 0 Å². The number of allylic oxidation sites excluding steroid dienone is 3. The molecule has 0 aliphatic carbocycles. The Morgan fingerprint density at radius 2 is 1.85 bits per heavy atom. The quantitative estimate of drug-likeness (QED) is 0.215. The molecule has 2 aliphatic rings. The molecular weight excluding hydrogens is 455 g/mol.